The molecule has 0 aliphatic heterocycles. The van der Waals surface area contributed by atoms with Gasteiger partial charge in [0, 0.05) is 73.9 Å². The standard InChI is InChI=1S/C52H33N5O/c1-2-7-38(8-3-1)51-50-40(9-6-29-54-50)32-48(55-51)37-18-24-44(25-19-37)57(42-20-14-34(15-21-42)39-13-12-35-28-30-53-33-41(35)31-39)43-22-16-36(17-23-43)47-27-26-46-45-10-4-5-11-49(45)58-52(46)56-47/h1-33H. The predicted molar refractivity (Wildman–Crippen MR) is 236 cm³/mol. The van der Waals surface area contributed by atoms with Crippen LogP contribution in [0.4, 0.5) is 17.1 Å². The normalized spacial score (nSPS) is 11.4. The summed E-state index contributed by atoms with van der Waals surface area (Å²) in [6.45, 7) is 0. The van der Waals surface area contributed by atoms with E-state index in [1.165, 1.54) is 5.39 Å². The summed E-state index contributed by atoms with van der Waals surface area (Å²) >= 11 is 0. The van der Waals surface area contributed by atoms with E-state index in [1.807, 2.05) is 67.1 Å². The van der Waals surface area contributed by atoms with Gasteiger partial charge in [0.05, 0.1) is 22.6 Å². The van der Waals surface area contributed by atoms with Gasteiger partial charge in [0.1, 0.15) is 5.58 Å². The molecule has 0 aliphatic carbocycles. The van der Waals surface area contributed by atoms with E-state index in [4.69, 9.17) is 19.4 Å². The Labute approximate surface area is 334 Å². The lowest BCUT2D eigenvalue weighted by molar-refractivity contribution is 0.654. The summed E-state index contributed by atoms with van der Waals surface area (Å²) in [5.74, 6) is 0. The number of hydrogen-bond acceptors (Lipinski definition) is 6. The first-order chi connectivity index (χ1) is 28.7. The van der Waals surface area contributed by atoms with E-state index in [9.17, 15) is 0 Å². The molecule has 0 saturated carbocycles. The van der Waals surface area contributed by atoms with Crippen LogP contribution in [0.2, 0.25) is 0 Å². The number of furan rings is 1. The molecule has 0 spiro atoms. The maximum Gasteiger partial charge on any atom is 0.227 e. The zero-order valence-electron chi connectivity index (χ0n) is 31.2. The summed E-state index contributed by atoms with van der Waals surface area (Å²) in [6, 6.07) is 63.2. The molecule has 6 nitrogen and oxygen atoms in total. The zero-order valence-corrected chi connectivity index (χ0v) is 31.2. The average molecular weight is 744 g/mol. The molecular weight excluding hydrogens is 711 g/mol. The number of benzene rings is 6. The largest absolute Gasteiger partial charge is 0.438 e. The predicted octanol–water partition coefficient (Wildman–Crippen LogP) is 13.6. The van der Waals surface area contributed by atoms with Crippen molar-refractivity contribution in [2.75, 3.05) is 4.90 Å². The highest BCUT2D eigenvalue weighted by atomic mass is 16.3. The number of aromatic nitrogens is 4. The van der Waals surface area contributed by atoms with E-state index < -0.39 is 0 Å². The molecule has 0 unspecified atom stereocenters. The average Bonchev–Trinajstić information content (AvgIpc) is 3.68. The molecule has 0 bridgehead atoms. The number of anilines is 3. The van der Waals surface area contributed by atoms with Crippen LogP contribution < -0.4 is 4.90 Å². The number of hydrogen-bond donors (Lipinski definition) is 0. The van der Waals surface area contributed by atoms with Crippen molar-refractivity contribution in [2.24, 2.45) is 0 Å². The third-order valence-corrected chi connectivity index (χ3v) is 10.8. The Hall–Kier alpha value is -7.96. The summed E-state index contributed by atoms with van der Waals surface area (Å²) in [6.07, 6.45) is 5.57. The van der Waals surface area contributed by atoms with Crippen LogP contribution in [0.1, 0.15) is 0 Å². The summed E-state index contributed by atoms with van der Waals surface area (Å²) in [5, 5.41) is 5.43. The quantitative estimate of drug-likeness (QED) is 0.162. The van der Waals surface area contributed by atoms with Gasteiger partial charge >= 0.3 is 0 Å². The monoisotopic (exact) mass is 743 g/mol. The van der Waals surface area contributed by atoms with E-state index in [1.54, 1.807) is 0 Å². The first-order valence-corrected chi connectivity index (χ1v) is 19.3. The zero-order chi connectivity index (χ0) is 38.4. The van der Waals surface area contributed by atoms with Gasteiger partial charge in [0.15, 0.2) is 0 Å². The number of rotatable bonds is 7. The fourth-order valence-corrected chi connectivity index (χ4v) is 7.87. The molecule has 0 amide bonds. The first kappa shape index (κ1) is 33.4. The van der Waals surface area contributed by atoms with Crippen molar-refractivity contribution in [3.05, 3.63) is 201 Å². The number of para-hydroxylation sites is 1. The van der Waals surface area contributed by atoms with Gasteiger partial charge in [-0.3, -0.25) is 9.97 Å². The van der Waals surface area contributed by atoms with Gasteiger partial charge in [0.25, 0.3) is 0 Å². The minimum Gasteiger partial charge on any atom is -0.438 e. The Morgan fingerprint density at radius 3 is 1.88 bits per heavy atom. The third kappa shape index (κ3) is 6.01. The minimum atomic E-state index is 0.639. The van der Waals surface area contributed by atoms with Crippen LogP contribution in [0.5, 0.6) is 0 Å². The Kier molecular flexibility index (Phi) is 8.04. The number of nitrogens with zero attached hydrogens (tertiary/aromatic N) is 5. The third-order valence-electron chi connectivity index (χ3n) is 10.8. The second-order valence-corrected chi connectivity index (χ2v) is 14.4. The van der Waals surface area contributed by atoms with Crippen molar-refractivity contribution in [3.8, 4) is 44.9 Å². The van der Waals surface area contributed by atoms with Crippen LogP contribution in [-0.4, -0.2) is 19.9 Å². The van der Waals surface area contributed by atoms with Crippen LogP contribution in [-0.2, 0) is 0 Å². The van der Waals surface area contributed by atoms with Gasteiger partial charge in [-0.1, -0.05) is 103 Å². The molecule has 58 heavy (non-hydrogen) atoms. The highest BCUT2D eigenvalue weighted by molar-refractivity contribution is 6.04. The van der Waals surface area contributed by atoms with Crippen LogP contribution in [0, 0.1) is 0 Å². The Bertz CT molecular complexity index is 3270. The molecule has 6 heteroatoms. The van der Waals surface area contributed by atoms with Crippen molar-refractivity contribution < 1.29 is 4.42 Å². The maximum absolute atomic E-state index is 6.12. The van der Waals surface area contributed by atoms with Crippen molar-refractivity contribution in [2.45, 2.75) is 0 Å². The second kappa shape index (κ2) is 14.0. The number of pyridine rings is 4. The molecule has 5 heterocycles. The lowest BCUT2D eigenvalue weighted by Crippen LogP contribution is -2.09. The van der Waals surface area contributed by atoms with E-state index in [0.717, 1.165) is 94.6 Å². The maximum atomic E-state index is 6.12. The minimum absolute atomic E-state index is 0.639. The van der Waals surface area contributed by atoms with Crippen LogP contribution >= 0.6 is 0 Å². The van der Waals surface area contributed by atoms with Crippen molar-refractivity contribution in [3.63, 3.8) is 0 Å². The highest BCUT2D eigenvalue weighted by Crippen LogP contribution is 2.39. The van der Waals surface area contributed by atoms with Crippen LogP contribution in [0.15, 0.2) is 205 Å². The molecule has 11 aromatic rings. The highest BCUT2D eigenvalue weighted by Gasteiger charge is 2.17. The molecule has 5 aromatic heterocycles. The summed E-state index contributed by atoms with van der Waals surface area (Å²) < 4.78 is 6.12. The molecule has 11 rings (SSSR count). The van der Waals surface area contributed by atoms with Crippen molar-refractivity contribution in [1.29, 1.82) is 0 Å². The van der Waals surface area contributed by atoms with Crippen LogP contribution in [0.25, 0.3) is 88.6 Å². The van der Waals surface area contributed by atoms with Gasteiger partial charge < -0.3 is 9.32 Å². The lowest BCUT2D eigenvalue weighted by Gasteiger charge is -2.26. The summed E-state index contributed by atoms with van der Waals surface area (Å²) in [5.41, 5.74) is 13.4. The van der Waals surface area contributed by atoms with E-state index in [2.05, 4.69) is 143 Å². The molecular formula is C52H33N5O. The van der Waals surface area contributed by atoms with Gasteiger partial charge in [-0.25, -0.2) is 9.97 Å². The first-order valence-electron chi connectivity index (χ1n) is 19.3. The Morgan fingerprint density at radius 2 is 1.10 bits per heavy atom. The molecule has 6 aromatic carbocycles. The van der Waals surface area contributed by atoms with Gasteiger partial charge in [-0.15, -0.1) is 0 Å². The fourth-order valence-electron chi connectivity index (χ4n) is 7.87. The Morgan fingerprint density at radius 1 is 0.414 bits per heavy atom. The SMILES string of the molecule is c1ccc(-c2nc(-c3ccc(N(c4ccc(-c5ccc6ccncc6c5)cc4)c4ccc(-c5ccc6c(n5)oc5ccccc56)cc4)cc3)cc3cccnc23)cc1. The van der Waals surface area contributed by atoms with Gasteiger partial charge in [0.2, 0.25) is 5.71 Å². The lowest BCUT2D eigenvalue weighted by atomic mass is 10.0. The second-order valence-electron chi connectivity index (χ2n) is 14.4. The molecule has 0 radical (unpaired) electrons. The van der Waals surface area contributed by atoms with Crippen molar-refractivity contribution >= 4 is 60.8 Å². The van der Waals surface area contributed by atoms with E-state index >= 15 is 0 Å². The molecule has 0 N–H and O–H groups in total. The number of fused-ring (bicyclic) bond motifs is 5. The fraction of sp³-hybridized carbons (Fsp3) is 0. The molecule has 0 saturated heterocycles. The van der Waals surface area contributed by atoms with E-state index in [0.29, 0.717) is 5.71 Å². The van der Waals surface area contributed by atoms with Crippen LogP contribution in [0.3, 0.4) is 0 Å². The van der Waals surface area contributed by atoms with Crippen molar-refractivity contribution in [1.82, 2.24) is 19.9 Å². The molecule has 272 valence electrons. The molecule has 0 aliphatic rings. The Balaban J connectivity index is 0.974. The van der Waals surface area contributed by atoms with Gasteiger partial charge in [-0.2, -0.15) is 0 Å². The summed E-state index contributed by atoms with van der Waals surface area (Å²) in [4.78, 5) is 21.4. The molecule has 0 atom stereocenters. The van der Waals surface area contributed by atoms with Gasteiger partial charge in [-0.05, 0) is 95.4 Å². The summed E-state index contributed by atoms with van der Waals surface area (Å²) in [7, 11) is 0. The smallest absolute Gasteiger partial charge is 0.227 e. The molecule has 0 fully saturated rings. The topological polar surface area (TPSA) is 67.9 Å². The van der Waals surface area contributed by atoms with E-state index in [-0.39, 0.29) is 0 Å².